The van der Waals surface area contributed by atoms with E-state index < -0.39 is 0 Å². The molecule has 0 saturated heterocycles. The molecule has 6 aliphatic heterocycles. The Morgan fingerprint density at radius 1 is 0.929 bits per heavy atom. The van der Waals surface area contributed by atoms with Gasteiger partial charge in [0, 0.05) is 82.8 Å². The lowest BCUT2D eigenvalue weighted by atomic mass is 9.82. The van der Waals surface area contributed by atoms with E-state index in [4.69, 9.17) is 10.5 Å². The number of nitrogens with two attached hydrogens (primary N) is 1. The number of aryl methyl sites for hydroxylation is 2. The number of ether oxygens (including phenoxy) is 1. The number of nitrogens with zero attached hydrogens (tertiary/aromatic N) is 3. The van der Waals surface area contributed by atoms with E-state index in [0.717, 1.165) is 43.1 Å². The van der Waals surface area contributed by atoms with E-state index in [2.05, 4.69) is 51.8 Å². The minimum absolute atomic E-state index is 0.501. The molecule has 2 N–H and O–H groups in total. The first-order valence-corrected chi connectivity index (χ1v) is 17.3. The topological polar surface area (TPSA) is 44.7 Å². The van der Waals surface area contributed by atoms with Crippen LogP contribution in [-0.4, -0.2) is 51.6 Å². The molecule has 6 heterocycles. The van der Waals surface area contributed by atoms with Crippen LogP contribution in [0.3, 0.4) is 0 Å². The molecule has 1 unspecified atom stereocenters. The fourth-order valence-corrected chi connectivity index (χ4v) is 10.2. The fraction of sp³-hybridized carbons (Fsp3) is 0.472. The van der Waals surface area contributed by atoms with Crippen molar-refractivity contribution in [3.8, 4) is 11.5 Å². The highest BCUT2D eigenvalue weighted by atomic mass is 32.2. The van der Waals surface area contributed by atoms with Crippen LogP contribution in [0.5, 0.6) is 11.5 Å². The minimum Gasteiger partial charge on any atom is -0.455 e. The number of hydrogen-bond acceptors (Lipinski definition) is 5. The maximum Gasteiger partial charge on any atom is 0.210 e. The van der Waals surface area contributed by atoms with Crippen molar-refractivity contribution in [3.05, 3.63) is 74.3 Å². The van der Waals surface area contributed by atoms with Crippen molar-refractivity contribution in [3.63, 3.8) is 0 Å². The fourth-order valence-electron chi connectivity index (χ4n) is 8.87. The number of hydrogen-bond donors (Lipinski definition) is 1. The monoisotopic (exact) mass is 577 g/mol. The summed E-state index contributed by atoms with van der Waals surface area (Å²) < 4.78 is 9.89. The summed E-state index contributed by atoms with van der Waals surface area (Å²) in [5, 5.41) is 2.82. The predicted molar refractivity (Wildman–Crippen MR) is 173 cm³/mol. The van der Waals surface area contributed by atoms with Gasteiger partial charge in [-0.2, -0.15) is 0 Å². The molecular formula is C36H41N4OS+. The Morgan fingerprint density at radius 2 is 1.74 bits per heavy atom. The Morgan fingerprint density at radius 3 is 2.62 bits per heavy atom. The summed E-state index contributed by atoms with van der Waals surface area (Å²) in [5.74, 6) is 3.39. The third-order valence-corrected chi connectivity index (χ3v) is 12.0. The van der Waals surface area contributed by atoms with E-state index in [-0.39, 0.29) is 0 Å². The molecule has 0 saturated carbocycles. The van der Waals surface area contributed by atoms with Gasteiger partial charge in [0.2, 0.25) is 5.36 Å². The number of rotatable bonds is 3. The summed E-state index contributed by atoms with van der Waals surface area (Å²) >= 11 is 2.01. The van der Waals surface area contributed by atoms with E-state index in [0.29, 0.717) is 6.04 Å². The average Bonchev–Trinajstić information content (AvgIpc) is 3.02. The third kappa shape index (κ3) is 3.70. The Bertz CT molecular complexity index is 1770. The zero-order chi connectivity index (χ0) is 27.9. The molecule has 216 valence electrons. The van der Waals surface area contributed by atoms with Crippen LogP contribution < -0.4 is 35.4 Å². The van der Waals surface area contributed by atoms with Crippen LogP contribution in [0.4, 0.5) is 11.4 Å². The zero-order valence-electron chi connectivity index (χ0n) is 24.8. The second kappa shape index (κ2) is 9.78. The van der Waals surface area contributed by atoms with Gasteiger partial charge in [-0.15, -0.1) is 11.8 Å². The van der Waals surface area contributed by atoms with Gasteiger partial charge in [-0.25, -0.2) is 4.58 Å². The third-order valence-electron chi connectivity index (χ3n) is 10.8. The van der Waals surface area contributed by atoms with E-state index in [9.17, 15) is 0 Å². The van der Waals surface area contributed by atoms with Crippen molar-refractivity contribution in [2.24, 2.45) is 5.73 Å². The SMILES string of the molecule is CN1c2ccc(C3=c4cc5c6c(c4Oc4c3cc3c7c4CCCN7CCC3)CCC[N+]=6CCC5)cc2SCC1CCN. The van der Waals surface area contributed by atoms with Crippen LogP contribution in [-0.2, 0) is 25.7 Å². The van der Waals surface area contributed by atoms with Gasteiger partial charge in [0.15, 0.2) is 0 Å². The molecule has 42 heavy (non-hydrogen) atoms. The number of anilines is 2. The van der Waals surface area contributed by atoms with Gasteiger partial charge in [-0.05, 0) is 86.9 Å². The van der Waals surface area contributed by atoms with Gasteiger partial charge in [0.1, 0.15) is 24.6 Å². The second-order valence-corrected chi connectivity index (χ2v) is 14.2. The van der Waals surface area contributed by atoms with E-state index in [1.807, 2.05) is 11.8 Å². The molecule has 3 aromatic rings. The van der Waals surface area contributed by atoms with Gasteiger partial charge in [0.05, 0.1) is 11.3 Å². The highest BCUT2D eigenvalue weighted by molar-refractivity contribution is 7.99. The summed E-state index contributed by atoms with van der Waals surface area (Å²) in [4.78, 5) is 6.50. The normalized spacial score (nSPS) is 21.6. The number of benzene rings is 3. The molecule has 1 atom stereocenters. The van der Waals surface area contributed by atoms with Crippen molar-refractivity contribution < 1.29 is 4.74 Å². The molecule has 0 bridgehead atoms. The van der Waals surface area contributed by atoms with Crippen molar-refractivity contribution in [1.82, 2.24) is 4.58 Å². The average molecular weight is 578 g/mol. The van der Waals surface area contributed by atoms with Gasteiger partial charge >= 0.3 is 0 Å². The molecule has 0 spiro atoms. The van der Waals surface area contributed by atoms with E-state index in [1.54, 1.807) is 0 Å². The summed E-state index contributed by atoms with van der Waals surface area (Å²) in [5.41, 5.74) is 18.8. The van der Waals surface area contributed by atoms with Gasteiger partial charge in [-0.3, -0.25) is 0 Å². The van der Waals surface area contributed by atoms with Gasteiger partial charge in [-0.1, -0.05) is 6.07 Å². The first kappa shape index (κ1) is 25.5. The first-order valence-electron chi connectivity index (χ1n) is 16.3. The van der Waals surface area contributed by atoms with Crippen LogP contribution >= 0.6 is 11.8 Å². The molecule has 6 heteroatoms. The van der Waals surface area contributed by atoms with Crippen molar-refractivity contribution in [1.29, 1.82) is 0 Å². The molecule has 6 aliphatic rings. The molecule has 5 nitrogen and oxygen atoms in total. The standard InChI is InChI=1S/C36H41N4OS/c1-38-25(12-13-37)21-42-31-20-22(10-11-30(31)38)32-28-18-23-6-2-14-39-16-4-8-26(33(23)39)35(28)41-36-27-9-5-17-40-15-3-7-24(34(27)40)19-29(32)36/h10-11,18-20,25H,2-9,12-17,21,37H2,1H3/q+1. The number of thioether (sulfide) groups is 1. The Hall–Kier alpha value is -2.96. The van der Waals surface area contributed by atoms with Crippen molar-refractivity contribution >= 4 is 28.7 Å². The summed E-state index contributed by atoms with van der Waals surface area (Å²) in [7, 11) is 2.25. The largest absolute Gasteiger partial charge is 0.455 e. The number of fused-ring (bicyclic) bond motifs is 5. The van der Waals surface area contributed by atoms with Gasteiger partial charge < -0.3 is 20.3 Å². The summed E-state index contributed by atoms with van der Waals surface area (Å²) in [6.07, 6.45) is 10.5. The first-order chi connectivity index (χ1) is 20.7. The van der Waals surface area contributed by atoms with Gasteiger partial charge in [0.25, 0.3) is 0 Å². The second-order valence-electron chi connectivity index (χ2n) is 13.2. The maximum absolute atomic E-state index is 7.24. The van der Waals surface area contributed by atoms with Crippen molar-refractivity contribution in [2.45, 2.75) is 68.7 Å². The summed E-state index contributed by atoms with van der Waals surface area (Å²) in [6, 6.07) is 12.8. The van der Waals surface area contributed by atoms with Crippen LogP contribution in [0.2, 0.25) is 0 Å². The minimum atomic E-state index is 0.501. The molecule has 0 radical (unpaired) electrons. The highest BCUT2D eigenvalue weighted by Crippen LogP contribution is 2.49. The molecule has 0 aliphatic carbocycles. The lowest BCUT2D eigenvalue weighted by Crippen LogP contribution is -2.45. The molecule has 0 fully saturated rings. The van der Waals surface area contributed by atoms with Crippen LogP contribution in [0.25, 0.3) is 5.57 Å². The predicted octanol–water partition coefficient (Wildman–Crippen LogP) is 4.38. The lowest BCUT2D eigenvalue weighted by Gasteiger charge is -2.39. The maximum atomic E-state index is 7.24. The Kier molecular flexibility index (Phi) is 5.95. The van der Waals surface area contributed by atoms with Crippen molar-refractivity contribution in [2.75, 3.05) is 55.3 Å². The van der Waals surface area contributed by atoms with Crippen LogP contribution in [0.1, 0.15) is 65.5 Å². The zero-order valence-corrected chi connectivity index (χ0v) is 25.6. The molecule has 9 rings (SSSR count). The van der Waals surface area contributed by atoms with Crippen LogP contribution in [0, 0.1) is 0 Å². The molecule has 3 aromatic carbocycles. The smallest absolute Gasteiger partial charge is 0.210 e. The van der Waals surface area contributed by atoms with E-state index in [1.165, 1.54) is 131 Å². The molecule has 0 amide bonds. The highest BCUT2D eigenvalue weighted by Gasteiger charge is 2.36. The lowest BCUT2D eigenvalue weighted by molar-refractivity contribution is 0.431. The molecule has 0 aromatic heterocycles. The Balaban J connectivity index is 1.33. The Labute approximate surface area is 253 Å². The quantitative estimate of drug-likeness (QED) is 0.366. The van der Waals surface area contributed by atoms with Crippen LogP contribution in [0.15, 0.2) is 35.2 Å². The molecular weight excluding hydrogens is 536 g/mol. The van der Waals surface area contributed by atoms with E-state index >= 15 is 0 Å². The summed E-state index contributed by atoms with van der Waals surface area (Å²) in [6.45, 7) is 5.46.